The van der Waals surface area contributed by atoms with Crippen LogP contribution in [0.2, 0.25) is 0 Å². The Morgan fingerprint density at radius 2 is 1.04 bits per heavy atom. The summed E-state index contributed by atoms with van der Waals surface area (Å²) >= 11 is 0. The second-order valence-corrected chi connectivity index (χ2v) is 6.97. The van der Waals surface area contributed by atoms with Crippen LogP contribution in [0.15, 0.2) is 0 Å². The molecule has 0 aromatic carbocycles. The third-order valence-electron chi connectivity index (χ3n) is 4.31. The fourth-order valence-corrected chi connectivity index (χ4v) is 2.77. The van der Waals surface area contributed by atoms with Crippen LogP contribution in [0.5, 0.6) is 0 Å². The summed E-state index contributed by atoms with van der Waals surface area (Å²) in [5.74, 6) is -1.41. The quantitative estimate of drug-likeness (QED) is 0.244. The predicted molar refractivity (Wildman–Crippen MR) is 99.1 cm³/mol. The topological polar surface area (TPSA) is 83.8 Å². The lowest BCUT2D eigenvalue weighted by molar-refractivity contribution is -0.162. The zero-order valence-corrected chi connectivity index (χ0v) is 16.2. The second-order valence-electron chi connectivity index (χ2n) is 6.97. The summed E-state index contributed by atoms with van der Waals surface area (Å²) in [4.78, 5) is 23.3. The van der Waals surface area contributed by atoms with Crippen LogP contribution in [-0.2, 0) is 14.3 Å². The summed E-state index contributed by atoms with van der Waals surface area (Å²) in [7, 11) is 0. The molecule has 5 heteroatoms. The van der Waals surface area contributed by atoms with Crippen molar-refractivity contribution < 1.29 is 24.5 Å². The van der Waals surface area contributed by atoms with E-state index in [1.54, 1.807) is 0 Å². The number of aliphatic hydroxyl groups excluding tert-OH is 2. The summed E-state index contributed by atoms with van der Waals surface area (Å²) in [5, 5.41) is 19.6. The third-order valence-corrected chi connectivity index (χ3v) is 4.31. The molecule has 0 aliphatic carbocycles. The van der Waals surface area contributed by atoms with Crippen LogP contribution >= 0.6 is 0 Å². The van der Waals surface area contributed by atoms with Crippen molar-refractivity contribution in [1.29, 1.82) is 0 Å². The minimum atomic E-state index is -0.759. The molecule has 0 saturated heterocycles. The standard InChI is InChI=1S/C20H38O5/c1-3-5-7-9-11-13-17(21)15-19(23)25-20(24)16-18(22)14-12-10-8-6-4-2/h17-18,21-22H,3-16H2,1-2H3. The van der Waals surface area contributed by atoms with Gasteiger partial charge in [-0.1, -0.05) is 78.1 Å². The summed E-state index contributed by atoms with van der Waals surface area (Å²) in [6.45, 7) is 4.29. The normalized spacial score (nSPS) is 13.4. The molecule has 0 spiro atoms. The van der Waals surface area contributed by atoms with E-state index in [1.165, 1.54) is 25.7 Å². The van der Waals surface area contributed by atoms with E-state index in [1.807, 2.05) is 0 Å². The second kappa shape index (κ2) is 16.5. The first-order valence-corrected chi connectivity index (χ1v) is 10.1. The van der Waals surface area contributed by atoms with Crippen LogP contribution in [0.3, 0.4) is 0 Å². The van der Waals surface area contributed by atoms with Crippen molar-refractivity contribution in [3.05, 3.63) is 0 Å². The highest BCUT2D eigenvalue weighted by Gasteiger charge is 2.18. The Balaban J connectivity index is 3.73. The molecule has 2 unspecified atom stereocenters. The maximum atomic E-state index is 11.6. The average molecular weight is 359 g/mol. The molecule has 0 aromatic heterocycles. The van der Waals surface area contributed by atoms with Crippen LogP contribution < -0.4 is 0 Å². The van der Waals surface area contributed by atoms with Gasteiger partial charge in [-0.25, -0.2) is 0 Å². The Bertz CT molecular complexity index is 311. The van der Waals surface area contributed by atoms with Gasteiger partial charge >= 0.3 is 11.9 Å². The highest BCUT2D eigenvalue weighted by molar-refractivity contribution is 5.85. The molecule has 148 valence electrons. The number of hydrogen-bond donors (Lipinski definition) is 2. The smallest absolute Gasteiger partial charge is 0.316 e. The lowest BCUT2D eigenvalue weighted by Crippen LogP contribution is -2.22. The molecular formula is C20H38O5. The number of carbonyl (C=O) groups excluding carboxylic acids is 2. The van der Waals surface area contributed by atoms with Gasteiger partial charge in [0.15, 0.2) is 0 Å². The minimum Gasteiger partial charge on any atom is -0.393 e. The van der Waals surface area contributed by atoms with Gasteiger partial charge in [-0.05, 0) is 12.8 Å². The number of carbonyl (C=O) groups is 2. The third kappa shape index (κ3) is 16.3. The van der Waals surface area contributed by atoms with Crippen LogP contribution in [0.4, 0.5) is 0 Å². The lowest BCUT2D eigenvalue weighted by atomic mass is 10.1. The van der Waals surface area contributed by atoms with Gasteiger partial charge < -0.3 is 14.9 Å². The first-order chi connectivity index (χ1) is 12.0. The molecule has 0 fully saturated rings. The maximum absolute atomic E-state index is 11.6. The monoisotopic (exact) mass is 358 g/mol. The molecule has 0 aliphatic rings. The van der Waals surface area contributed by atoms with Crippen molar-refractivity contribution in [2.45, 2.75) is 116 Å². The Kier molecular flexibility index (Phi) is 15.9. The van der Waals surface area contributed by atoms with Gasteiger partial charge in [0.1, 0.15) is 0 Å². The molecule has 0 amide bonds. The van der Waals surface area contributed by atoms with E-state index < -0.39 is 24.1 Å². The molecule has 0 saturated carbocycles. The molecule has 2 N–H and O–H groups in total. The van der Waals surface area contributed by atoms with Gasteiger partial charge in [0.2, 0.25) is 0 Å². The molecule has 25 heavy (non-hydrogen) atoms. The van der Waals surface area contributed by atoms with Crippen LogP contribution in [0.1, 0.15) is 104 Å². The van der Waals surface area contributed by atoms with Crippen molar-refractivity contribution in [3.63, 3.8) is 0 Å². The average Bonchev–Trinajstić information content (AvgIpc) is 2.54. The van der Waals surface area contributed by atoms with E-state index in [-0.39, 0.29) is 12.8 Å². The molecule has 0 bridgehead atoms. The van der Waals surface area contributed by atoms with Crippen LogP contribution in [-0.4, -0.2) is 34.4 Å². The first kappa shape index (κ1) is 24.1. The molecule has 2 atom stereocenters. The van der Waals surface area contributed by atoms with Crippen molar-refractivity contribution in [3.8, 4) is 0 Å². The Labute approximate surface area is 153 Å². The molecule has 0 aromatic rings. The first-order valence-electron chi connectivity index (χ1n) is 10.1. The minimum absolute atomic E-state index is 0.160. The van der Waals surface area contributed by atoms with E-state index >= 15 is 0 Å². The Hall–Kier alpha value is -0.940. The number of rotatable bonds is 16. The SMILES string of the molecule is CCCCCCCC(O)CC(=O)OC(=O)CC(O)CCCCCCC. The van der Waals surface area contributed by atoms with E-state index in [0.29, 0.717) is 12.8 Å². The van der Waals surface area contributed by atoms with Gasteiger partial charge in [-0.2, -0.15) is 0 Å². The van der Waals surface area contributed by atoms with Gasteiger partial charge in [0.05, 0.1) is 25.0 Å². The van der Waals surface area contributed by atoms with Crippen molar-refractivity contribution >= 4 is 11.9 Å². The fourth-order valence-electron chi connectivity index (χ4n) is 2.77. The summed E-state index contributed by atoms with van der Waals surface area (Å²) in [6, 6.07) is 0. The van der Waals surface area contributed by atoms with Crippen LogP contribution in [0.25, 0.3) is 0 Å². The number of hydrogen-bond acceptors (Lipinski definition) is 5. The number of unbranched alkanes of at least 4 members (excludes halogenated alkanes) is 8. The Morgan fingerprint density at radius 1 is 0.680 bits per heavy atom. The zero-order valence-electron chi connectivity index (χ0n) is 16.2. The number of esters is 2. The van der Waals surface area contributed by atoms with Gasteiger partial charge in [0.25, 0.3) is 0 Å². The number of aliphatic hydroxyl groups is 2. The molecule has 0 heterocycles. The van der Waals surface area contributed by atoms with E-state index in [9.17, 15) is 19.8 Å². The highest BCUT2D eigenvalue weighted by atomic mass is 16.6. The van der Waals surface area contributed by atoms with Gasteiger partial charge in [-0.15, -0.1) is 0 Å². The lowest BCUT2D eigenvalue weighted by Gasteiger charge is -2.11. The van der Waals surface area contributed by atoms with Gasteiger partial charge in [-0.3, -0.25) is 9.59 Å². The van der Waals surface area contributed by atoms with E-state index in [2.05, 4.69) is 18.6 Å². The maximum Gasteiger partial charge on any atom is 0.316 e. The molecular weight excluding hydrogens is 320 g/mol. The summed E-state index contributed by atoms with van der Waals surface area (Å²) < 4.78 is 4.68. The van der Waals surface area contributed by atoms with Gasteiger partial charge in [0, 0.05) is 0 Å². The highest BCUT2D eigenvalue weighted by Crippen LogP contribution is 2.12. The summed E-state index contributed by atoms with van der Waals surface area (Å²) in [6.07, 6.45) is 10.1. The molecule has 5 nitrogen and oxygen atoms in total. The summed E-state index contributed by atoms with van der Waals surface area (Å²) in [5.41, 5.74) is 0. The fraction of sp³-hybridized carbons (Fsp3) is 0.900. The van der Waals surface area contributed by atoms with Crippen molar-refractivity contribution in [1.82, 2.24) is 0 Å². The van der Waals surface area contributed by atoms with Crippen molar-refractivity contribution in [2.75, 3.05) is 0 Å². The van der Waals surface area contributed by atoms with Crippen molar-refractivity contribution in [2.24, 2.45) is 0 Å². The predicted octanol–water partition coefficient (Wildman–Crippen LogP) is 4.28. The number of ether oxygens (including phenoxy) is 1. The zero-order chi connectivity index (χ0) is 18.9. The van der Waals surface area contributed by atoms with E-state index in [0.717, 1.165) is 38.5 Å². The van der Waals surface area contributed by atoms with E-state index in [4.69, 9.17) is 0 Å². The Morgan fingerprint density at radius 3 is 1.40 bits per heavy atom. The molecule has 0 rings (SSSR count). The molecule has 0 aliphatic heterocycles. The van der Waals surface area contributed by atoms with Crippen LogP contribution in [0, 0.1) is 0 Å². The molecule has 0 radical (unpaired) electrons. The largest absolute Gasteiger partial charge is 0.393 e.